The Morgan fingerprint density at radius 3 is 2.90 bits per heavy atom. The summed E-state index contributed by atoms with van der Waals surface area (Å²) in [4.78, 5) is 15.1. The van der Waals surface area contributed by atoms with Crippen LogP contribution in [-0.4, -0.2) is 57.6 Å². The first-order valence-corrected chi connectivity index (χ1v) is 10.5. The molecular formula is C22H29N5O2. The van der Waals surface area contributed by atoms with E-state index in [2.05, 4.69) is 20.6 Å². The third-order valence-corrected chi connectivity index (χ3v) is 5.71. The van der Waals surface area contributed by atoms with Crippen molar-refractivity contribution in [2.24, 2.45) is 0 Å². The van der Waals surface area contributed by atoms with Crippen LogP contribution in [0, 0.1) is 0 Å². The van der Waals surface area contributed by atoms with Crippen molar-refractivity contribution in [3.05, 3.63) is 47.9 Å². The zero-order valence-corrected chi connectivity index (χ0v) is 16.9. The SMILES string of the molecule is CC1=C(O)C=CC(Nc2c(NCCCN3CCCCC3)nn3ccccc23)C1=O. The number of anilines is 2. The van der Waals surface area contributed by atoms with Crippen LogP contribution in [0.2, 0.25) is 0 Å². The number of likely N-dealkylation sites (tertiary alicyclic amines) is 1. The molecule has 0 radical (unpaired) electrons. The third-order valence-electron chi connectivity index (χ3n) is 5.71. The van der Waals surface area contributed by atoms with E-state index in [1.165, 1.54) is 32.4 Å². The summed E-state index contributed by atoms with van der Waals surface area (Å²) in [7, 11) is 0. The molecule has 2 aromatic rings. The molecule has 3 heterocycles. The summed E-state index contributed by atoms with van der Waals surface area (Å²) in [5, 5.41) is 21.2. The fourth-order valence-electron chi connectivity index (χ4n) is 3.99. The number of aliphatic hydroxyl groups excluding tert-OH is 1. The van der Waals surface area contributed by atoms with Gasteiger partial charge in [0.05, 0.1) is 5.52 Å². The van der Waals surface area contributed by atoms with Crippen molar-refractivity contribution in [3.63, 3.8) is 0 Å². The summed E-state index contributed by atoms with van der Waals surface area (Å²) < 4.78 is 1.81. The van der Waals surface area contributed by atoms with E-state index in [0.29, 0.717) is 5.57 Å². The fourth-order valence-corrected chi connectivity index (χ4v) is 3.99. The molecule has 2 aliphatic rings. The van der Waals surface area contributed by atoms with E-state index in [1.807, 2.05) is 28.9 Å². The maximum absolute atomic E-state index is 12.6. The molecule has 1 unspecified atom stereocenters. The van der Waals surface area contributed by atoms with Gasteiger partial charge in [0.2, 0.25) is 0 Å². The number of ketones is 1. The van der Waals surface area contributed by atoms with Gasteiger partial charge in [-0.2, -0.15) is 0 Å². The third kappa shape index (κ3) is 4.29. The molecule has 0 bridgehead atoms. The lowest BCUT2D eigenvalue weighted by atomic mass is 9.98. The van der Waals surface area contributed by atoms with E-state index in [9.17, 15) is 9.90 Å². The largest absolute Gasteiger partial charge is 0.508 e. The molecule has 0 aromatic carbocycles. The second-order valence-corrected chi connectivity index (χ2v) is 7.79. The molecule has 2 aromatic heterocycles. The number of nitrogens with one attached hydrogen (secondary N) is 2. The number of carbonyl (C=O) groups excluding carboxylic acids is 1. The summed E-state index contributed by atoms with van der Waals surface area (Å²) >= 11 is 0. The Labute approximate surface area is 171 Å². The molecule has 1 aliphatic heterocycles. The lowest BCUT2D eigenvalue weighted by Crippen LogP contribution is -2.32. The van der Waals surface area contributed by atoms with Gasteiger partial charge >= 0.3 is 0 Å². The van der Waals surface area contributed by atoms with Crippen LogP contribution < -0.4 is 10.6 Å². The maximum Gasteiger partial charge on any atom is 0.188 e. The van der Waals surface area contributed by atoms with E-state index >= 15 is 0 Å². The number of carbonyl (C=O) groups is 1. The highest BCUT2D eigenvalue weighted by Gasteiger charge is 2.25. The zero-order valence-electron chi connectivity index (χ0n) is 16.9. The maximum atomic E-state index is 12.6. The molecule has 3 N–H and O–H groups in total. The van der Waals surface area contributed by atoms with Crippen LogP contribution in [0.1, 0.15) is 32.6 Å². The first-order chi connectivity index (χ1) is 14.1. The smallest absolute Gasteiger partial charge is 0.188 e. The summed E-state index contributed by atoms with van der Waals surface area (Å²) in [5.41, 5.74) is 2.09. The van der Waals surface area contributed by atoms with E-state index in [0.717, 1.165) is 36.5 Å². The number of aromatic nitrogens is 2. The molecule has 0 amide bonds. The summed E-state index contributed by atoms with van der Waals surface area (Å²) in [6, 6.07) is 5.34. The van der Waals surface area contributed by atoms with Gasteiger partial charge in [-0.25, -0.2) is 4.52 Å². The van der Waals surface area contributed by atoms with Crippen molar-refractivity contribution < 1.29 is 9.90 Å². The van der Waals surface area contributed by atoms with Gasteiger partial charge < -0.3 is 20.6 Å². The Hall–Kier alpha value is -2.80. The van der Waals surface area contributed by atoms with Crippen molar-refractivity contribution in [2.45, 2.75) is 38.6 Å². The molecule has 29 heavy (non-hydrogen) atoms. The van der Waals surface area contributed by atoms with Gasteiger partial charge in [-0.3, -0.25) is 4.79 Å². The minimum atomic E-state index is -0.520. The van der Waals surface area contributed by atoms with Crippen LogP contribution in [0.25, 0.3) is 5.52 Å². The molecule has 1 saturated heterocycles. The number of fused-ring (bicyclic) bond motifs is 1. The highest BCUT2D eigenvalue weighted by Crippen LogP contribution is 2.29. The molecule has 4 rings (SSSR count). The molecule has 1 fully saturated rings. The lowest BCUT2D eigenvalue weighted by Gasteiger charge is -2.26. The minimum absolute atomic E-state index is 0.0315. The van der Waals surface area contributed by atoms with Crippen molar-refractivity contribution in [1.29, 1.82) is 0 Å². The lowest BCUT2D eigenvalue weighted by molar-refractivity contribution is -0.115. The topological polar surface area (TPSA) is 81.9 Å². The number of aliphatic hydroxyl groups is 1. The number of nitrogens with zero attached hydrogens (tertiary/aromatic N) is 3. The first kappa shape index (κ1) is 19.5. The monoisotopic (exact) mass is 395 g/mol. The van der Waals surface area contributed by atoms with Gasteiger partial charge in [-0.05, 0) is 64.0 Å². The number of Topliss-reactive ketones (excluding diaryl/α,β-unsaturated/α-hetero) is 1. The van der Waals surface area contributed by atoms with Gasteiger partial charge in [0.25, 0.3) is 0 Å². The van der Waals surface area contributed by atoms with Crippen LogP contribution in [0.4, 0.5) is 11.5 Å². The predicted molar refractivity (Wildman–Crippen MR) is 115 cm³/mol. The average molecular weight is 396 g/mol. The summed E-state index contributed by atoms with van der Waals surface area (Å²) in [6.45, 7) is 5.97. The minimum Gasteiger partial charge on any atom is -0.508 e. The standard InChI is InChI=1S/C22H29N5O2/c1-16-19(28)10-9-17(21(16)29)24-20-18-8-3-6-15-27(18)25-22(20)23-11-7-14-26-12-4-2-5-13-26/h3,6,8-10,15,17,24,28H,2,4-5,7,11-14H2,1H3,(H,23,25). The van der Waals surface area contributed by atoms with E-state index in [4.69, 9.17) is 0 Å². The molecule has 7 heteroatoms. The Balaban J connectivity index is 1.46. The quantitative estimate of drug-likeness (QED) is 0.624. The van der Waals surface area contributed by atoms with Gasteiger partial charge in [-0.1, -0.05) is 18.6 Å². The van der Waals surface area contributed by atoms with E-state index in [-0.39, 0.29) is 11.5 Å². The van der Waals surface area contributed by atoms with E-state index < -0.39 is 6.04 Å². The van der Waals surface area contributed by atoms with Crippen LogP contribution in [0.5, 0.6) is 0 Å². The molecule has 7 nitrogen and oxygen atoms in total. The highest BCUT2D eigenvalue weighted by atomic mass is 16.3. The van der Waals surface area contributed by atoms with Gasteiger partial charge in [0.1, 0.15) is 17.5 Å². The normalized spacial score (nSPS) is 20.4. The molecule has 1 atom stereocenters. The van der Waals surface area contributed by atoms with Gasteiger partial charge in [0, 0.05) is 18.3 Å². The van der Waals surface area contributed by atoms with Crippen LogP contribution in [0.3, 0.4) is 0 Å². The average Bonchev–Trinajstić information content (AvgIpc) is 3.10. The Morgan fingerprint density at radius 1 is 1.24 bits per heavy atom. The first-order valence-electron chi connectivity index (χ1n) is 10.5. The second kappa shape index (κ2) is 8.69. The number of pyridine rings is 1. The number of hydrogen-bond donors (Lipinski definition) is 3. The number of rotatable bonds is 7. The Kier molecular flexibility index (Phi) is 5.85. The molecular weight excluding hydrogens is 366 g/mol. The number of allylic oxidation sites excluding steroid dienone is 1. The van der Waals surface area contributed by atoms with Crippen LogP contribution >= 0.6 is 0 Å². The summed E-state index contributed by atoms with van der Waals surface area (Å²) in [5.74, 6) is 0.646. The van der Waals surface area contributed by atoms with Crippen molar-refractivity contribution in [3.8, 4) is 0 Å². The number of hydrogen-bond acceptors (Lipinski definition) is 6. The highest BCUT2D eigenvalue weighted by molar-refractivity contribution is 6.04. The molecule has 0 saturated carbocycles. The zero-order chi connectivity index (χ0) is 20.2. The number of piperidine rings is 1. The van der Waals surface area contributed by atoms with Crippen LogP contribution in [-0.2, 0) is 4.79 Å². The van der Waals surface area contributed by atoms with Gasteiger partial charge in [0.15, 0.2) is 11.6 Å². The van der Waals surface area contributed by atoms with Crippen molar-refractivity contribution >= 4 is 22.8 Å². The molecule has 154 valence electrons. The van der Waals surface area contributed by atoms with Crippen molar-refractivity contribution in [1.82, 2.24) is 14.5 Å². The second-order valence-electron chi connectivity index (χ2n) is 7.79. The molecule has 1 aliphatic carbocycles. The van der Waals surface area contributed by atoms with Crippen molar-refractivity contribution in [2.75, 3.05) is 36.8 Å². The molecule has 0 spiro atoms. The van der Waals surface area contributed by atoms with Crippen LogP contribution in [0.15, 0.2) is 47.9 Å². The Morgan fingerprint density at radius 2 is 2.07 bits per heavy atom. The predicted octanol–water partition coefficient (Wildman–Crippen LogP) is 3.37. The van der Waals surface area contributed by atoms with Gasteiger partial charge in [-0.15, -0.1) is 5.10 Å². The van der Waals surface area contributed by atoms with E-state index in [1.54, 1.807) is 19.1 Å². The summed E-state index contributed by atoms with van der Waals surface area (Å²) in [6.07, 6.45) is 10.2. The Bertz CT molecular complexity index is 940. The fraction of sp³-hybridized carbons (Fsp3) is 0.455.